The van der Waals surface area contributed by atoms with Crippen LogP contribution in [0.4, 0.5) is 0 Å². The van der Waals surface area contributed by atoms with E-state index < -0.39 is 0 Å². The lowest BCUT2D eigenvalue weighted by Crippen LogP contribution is -2.03. The number of hydrogen-bond acceptors (Lipinski definition) is 3. The Morgan fingerprint density at radius 1 is 0.867 bits per heavy atom. The maximum Gasteiger partial charge on any atom is 0.119 e. The van der Waals surface area contributed by atoms with Crippen LogP contribution in [0.25, 0.3) is 22.2 Å². The second-order valence-electron chi connectivity index (χ2n) is 7.75. The lowest BCUT2D eigenvalue weighted by Gasteiger charge is -2.15. The Balaban J connectivity index is 1.83. The molecule has 0 fully saturated rings. The molecule has 0 amide bonds. The van der Waals surface area contributed by atoms with Gasteiger partial charge in [0.25, 0.3) is 0 Å². The summed E-state index contributed by atoms with van der Waals surface area (Å²) in [6.45, 7) is 7.60. The van der Waals surface area contributed by atoms with Crippen molar-refractivity contribution in [2.75, 3.05) is 6.61 Å². The minimum absolute atomic E-state index is 0.258. The molecule has 4 rings (SSSR count). The number of ether oxygens (including phenoxy) is 1. The molecule has 0 spiro atoms. The van der Waals surface area contributed by atoms with Gasteiger partial charge >= 0.3 is 0 Å². The van der Waals surface area contributed by atoms with Crippen LogP contribution < -0.4 is 4.74 Å². The molecule has 0 radical (unpaired) electrons. The smallest absolute Gasteiger partial charge is 0.119 e. The number of aryl methyl sites for hydroxylation is 2. The van der Waals surface area contributed by atoms with Crippen molar-refractivity contribution in [1.82, 2.24) is 4.57 Å². The van der Waals surface area contributed by atoms with Gasteiger partial charge < -0.3 is 19.5 Å². The molecule has 2 N–H and O–H groups in total. The predicted octanol–water partition coefficient (Wildman–Crippen LogP) is 6.17. The first-order chi connectivity index (χ1) is 14.5. The molecule has 4 aromatic rings. The number of benzene rings is 3. The Kier molecular flexibility index (Phi) is 5.40. The van der Waals surface area contributed by atoms with Crippen molar-refractivity contribution in [1.29, 1.82) is 0 Å². The van der Waals surface area contributed by atoms with E-state index in [1.807, 2.05) is 37.3 Å². The number of phenolic OH excluding ortho intramolecular Hbond substituents is 2. The van der Waals surface area contributed by atoms with Crippen LogP contribution in [0, 0.1) is 13.8 Å². The zero-order valence-corrected chi connectivity index (χ0v) is 17.6. The molecule has 0 bridgehead atoms. The number of hydrogen-bond donors (Lipinski definition) is 2. The molecule has 30 heavy (non-hydrogen) atoms. The number of aromatic nitrogens is 1. The van der Waals surface area contributed by atoms with Crippen LogP contribution in [0.5, 0.6) is 17.2 Å². The fourth-order valence-electron chi connectivity index (χ4n) is 4.03. The molecule has 154 valence electrons. The Labute approximate surface area is 177 Å². The Morgan fingerprint density at radius 2 is 1.57 bits per heavy atom. The van der Waals surface area contributed by atoms with Gasteiger partial charge in [-0.3, -0.25) is 0 Å². The fourth-order valence-corrected chi connectivity index (χ4v) is 4.03. The molecule has 0 aliphatic carbocycles. The van der Waals surface area contributed by atoms with Crippen molar-refractivity contribution in [3.05, 3.63) is 77.4 Å². The summed E-state index contributed by atoms with van der Waals surface area (Å²) >= 11 is 0. The molecule has 1 aromatic heterocycles. The molecular weight excluding hydrogens is 374 g/mol. The van der Waals surface area contributed by atoms with Gasteiger partial charge in [-0.2, -0.15) is 0 Å². The lowest BCUT2D eigenvalue weighted by atomic mass is 10.0. The molecule has 3 aromatic carbocycles. The van der Waals surface area contributed by atoms with Crippen LogP contribution in [-0.2, 0) is 6.54 Å². The highest BCUT2D eigenvalue weighted by atomic mass is 16.5. The SMILES string of the molecule is CCCOc1ccc(Cn2c(-c3ccc(O)cc3C)c(C)c3cc(O)ccc32)cc1. The van der Waals surface area contributed by atoms with Gasteiger partial charge in [-0.1, -0.05) is 19.1 Å². The average molecular weight is 402 g/mol. The molecule has 0 atom stereocenters. The van der Waals surface area contributed by atoms with E-state index in [0.717, 1.165) is 45.5 Å². The average Bonchev–Trinajstić information content (AvgIpc) is 2.99. The van der Waals surface area contributed by atoms with Crippen LogP contribution in [0.15, 0.2) is 60.7 Å². The topological polar surface area (TPSA) is 54.6 Å². The van der Waals surface area contributed by atoms with Crippen LogP contribution >= 0.6 is 0 Å². The maximum atomic E-state index is 10.1. The predicted molar refractivity (Wildman–Crippen MR) is 122 cm³/mol. The standard InChI is InChI=1S/C26H27NO3/c1-4-13-30-22-9-5-19(6-10-22)16-27-25-12-8-21(29)15-24(25)18(3)26(27)23-11-7-20(28)14-17(23)2/h5-12,14-15,28-29H,4,13,16H2,1-3H3. The monoisotopic (exact) mass is 401 g/mol. The normalized spacial score (nSPS) is 11.2. The van der Waals surface area contributed by atoms with Crippen molar-refractivity contribution in [2.24, 2.45) is 0 Å². The first kappa shape index (κ1) is 19.9. The van der Waals surface area contributed by atoms with Gasteiger partial charge in [-0.05, 0) is 85.5 Å². The summed E-state index contributed by atoms with van der Waals surface area (Å²) < 4.78 is 7.99. The second kappa shape index (κ2) is 8.15. The number of fused-ring (bicyclic) bond motifs is 1. The summed E-state index contributed by atoms with van der Waals surface area (Å²) in [7, 11) is 0. The molecule has 0 aliphatic heterocycles. The largest absolute Gasteiger partial charge is 0.508 e. The Hall–Kier alpha value is -3.40. The van der Waals surface area contributed by atoms with E-state index in [1.165, 1.54) is 5.56 Å². The summed E-state index contributed by atoms with van der Waals surface area (Å²) in [5.41, 5.74) is 6.52. The zero-order chi connectivity index (χ0) is 21.3. The van der Waals surface area contributed by atoms with Crippen molar-refractivity contribution < 1.29 is 14.9 Å². The van der Waals surface area contributed by atoms with E-state index in [2.05, 4.69) is 30.5 Å². The van der Waals surface area contributed by atoms with Gasteiger partial charge in [0.1, 0.15) is 17.2 Å². The van der Waals surface area contributed by atoms with Crippen LogP contribution in [0.2, 0.25) is 0 Å². The van der Waals surface area contributed by atoms with Crippen molar-refractivity contribution in [2.45, 2.75) is 33.7 Å². The summed E-state index contributed by atoms with van der Waals surface area (Å²) in [5, 5.41) is 20.9. The number of rotatable bonds is 6. The summed E-state index contributed by atoms with van der Waals surface area (Å²) in [6, 6.07) is 19.2. The summed E-state index contributed by atoms with van der Waals surface area (Å²) in [6.07, 6.45) is 0.985. The van der Waals surface area contributed by atoms with E-state index in [0.29, 0.717) is 13.2 Å². The summed E-state index contributed by atoms with van der Waals surface area (Å²) in [4.78, 5) is 0. The first-order valence-corrected chi connectivity index (χ1v) is 10.3. The van der Waals surface area contributed by atoms with Gasteiger partial charge in [0.2, 0.25) is 0 Å². The minimum Gasteiger partial charge on any atom is -0.508 e. The highest BCUT2D eigenvalue weighted by molar-refractivity contribution is 5.93. The highest BCUT2D eigenvalue weighted by Gasteiger charge is 2.18. The fraction of sp³-hybridized carbons (Fsp3) is 0.231. The third kappa shape index (κ3) is 3.73. The third-order valence-electron chi connectivity index (χ3n) is 5.50. The van der Waals surface area contributed by atoms with E-state index in [-0.39, 0.29) is 11.5 Å². The second-order valence-corrected chi connectivity index (χ2v) is 7.75. The molecule has 0 unspecified atom stereocenters. The van der Waals surface area contributed by atoms with E-state index in [9.17, 15) is 10.2 Å². The van der Waals surface area contributed by atoms with E-state index >= 15 is 0 Å². The van der Waals surface area contributed by atoms with E-state index in [1.54, 1.807) is 18.2 Å². The molecule has 0 saturated heterocycles. The van der Waals surface area contributed by atoms with Crippen molar-refractivity contribution in [3.8, 4) is 28.5 Å². The molecule has 1 heterocycles. The van der Waals surface area contributed by atoms with Gasteiger partial charge in [-0.15, -0.1) is 0 Å². The van der Waals surface area contributed by atoms with Gasteiger partial charge in [-0.25, -0.2) is 0 Å². The maximum absolute atomic E-state index is 10.1. The van der Waals surface area contributed by atoms with Gasteiger partial charge in [0.05, 0.1) is 12.3 Å². The van der Waals surface area contributed by atoms with Gasteiger partial charge in [0.15, 0.2) is 0 Å². The molecular formula is C26H27NO3. The van der Waals surface area contributed by atoms with Crippen molar-refractivity contribution in [3.63, 3.8) is 0 Å². The highest BCUT2D eigenvalue weighted by Crippen LogP contribution is 2.37. The summed E-state index contributed by atoms with van der Waals surface area (Å²) in [5.74, 6) is 1.40. The first-order valence-electron chi connectivity index (χ1n) is 10.3. The number of aromatic hydroxyl groups is 2. The van der Waals surface area contributed by atoms with Crippen LogP contribution in [0.3, 0.4) is 0 Å². The minimum atomic E-state index is 0.258. The van der Waals surface area contributed by atoms with Crippen LogP contribution in [0.1, 0.15) is 30.0 Å². The molecule has 4 nitrogen and oxygen atoms in total. The zero-order valence-electron chi connectivity index (χ0n) is 17.6. The van der Waals surface area contributed by atoms with E-state index in [4.69, 9.17) is 4.74 Å². The Morgan fingerprint density at radius 3 is 2.27 bits per heavy atom. The van der Waals surface area contributed by atoms with Gasteiger partial charge in [0, 0.05) is 23.0 Å². The van der Waals surface area contributed by atoms with Crippen molar-refractivity contribution >= 4 is 10.9 Å². The number of phenols is 2. The lowest BCUT2D eigenvalue weighted by molar-refractivity contribution is 0.317. The molecule has 0 aliphatic rings. The quantitative estimate of drug-likeness (QED) is 0.406. The number of nitrogens with zero attached hydrogens (tertiary/aromatic N) is 1. The van der Waals surface area contributed by atoms with Crippen LogP contribution in [-0.4, -0.2) is 21.4 Å². The molecule has 0 saturated carbocycles. The molecule has 4 heteroatoms. The third-order valence-corrected chi connectivity index (χ3v) is 5.50. The Bertz CT molecular complexity index is 1190.